The van der Waals surface area contributed by atoms with Gasteiger partial charge in [-0.05, 0) is 12.8 Å². The van der Waals surface area contributed by atoms with Crippen LogP contribution in [0.4, 0.5) is 5.82 Å². The summed E-state index contributed by atoms with van der Waals surface area (Å²) in [6.45, 7) is 2.53. The number of H-pyrrole nitrogens is 1. The second-order valence-corrected chi connectivity index (χ2v) is 3.77. The first kappa shape index (κ1) is 9.48. The molecule has 0 unspecified atom stereocenters. The molecule has 1 fully saturated rings. The molecule has 5 heteroatoms. The van der Waals surface area contributed by atoms with E-state index >= 15 is 0 Å². The SMILES string of the molecule is NCc1cn[nH]c1N1CCC(N)CC1. The van der Waals surface area contributed by atoms with Crippen molar-refractivity contribution in [2.24, 2.45) is 11.5 Å². The molecule has 0 amide bonds. The lowest BCUT2D eigenvalue weighted by molar-refractivity contribution is 0.497. The lowest BCUT2D eigenvalue weighted by Crippen LogP contribution is -2.40. The van der Waals surface area contributed by atoms with Crippen LogP contribution in [0.25, 0.3) is 0 Å². The third-order valence-corrected chi connectivity index (χ3v) is 2.77. The zero-order valence-electron chi connectivity index (χ0n) is 8.24. The summed E-state index contributed by atoms with van der Waals surface area (Å²) >= 11 is 0. The molecule has 0 saturated carbocycles. The standard InChI is InChI=1S/C9H17N5/c10-5-7-6-12-13-9(7)14-3-1-8(11)2-4-14/h6,8H,1-5,10-11H2,(H,12,13). The average molecular weight is 195 g/mol. The normalized spacial score (nSPS) is 18.9. The molecule has 2 rings (SSSR count). The van der Waals surface area contributed by atoms with E-state index in [1.165, 1.54) is 0 Å². The van der Waals surface area contributed by atoms with Crippen LogP contribution in [0.3, 0.4) is 0 Å². The molecule has 0 spiro atoms. The lowest BCUT2D eigenvalue weighted by atomic mass is 10.1. The Balaban J connectivity index is 2.08. The Morgan fingerprint density at radius 1 is 1.50 bits per heavy atom. The van der Waals surface area contributed by atoms with Crippen molar-refractivity contribution in [3.05, 3.63) is 11.8 Å². The van der Waals surface area contributed by atoms with E-state index in [4.69, 9.17) is 11.5 Å². The van der Waals surface area contributed by atoms with Crippen molar-refractivity contribution >= 4 is 5.82 Å². The van der Waals surface area contributed by atoms with E-state index in [1.54, 1.807) is 6.20 Å². The van der Waals surface area contributed by atoms with E-state index in [1.807, 2.05) is 0 Å². The Bertz CT molecular complexity index is 287. The maximum atomic E-state index is 5.84. The smallest absolute Gasteiger partial charge is 0.128 e. The molecule has 0 radical (unpaired) electrons. The van der Waals surface area contributed by atoms with Crippen LogP contribution < -0.4 is 16.4 Å². The predicted octanol–water partition coefficient (Wildman–Crippen LogP) is -0.204. The fourth-order valence-corrected chi connectivity index (χ4v) is 1.85. The molecule has 5 nitrogen and oxygen atoms in total. The molecule has 1 aromatic rings. The molecule has 5 N–H and O–H groups in total. The van der Waals surface area contributed by atoms with Crippen molar-refractivity contribution in [1.82, 2.24) is 10.2 Å². The minimum absolute atomic E-state index is 0.357. The van der Waals surface area contributed by atoms with Crippen LogP contribution in [-0.2, 0) is 6.54 Å². The molecule has 78 valence electrons. The second kappa shape index (κ2) is 3.98. The van der Waals surface area contributed by atoms with E-state index in [2.05, 4.69) is 15.1 Å². The van der Waals surface area contributed by atoms with Gasteiger partial charge in [0.05, 0.1) is 6.20 Å². The first-order valence-corrected chi connectivity index (χ1v) is 5.04. The van der Waals surface area contributed by atoms with Gasteiger partial charge < -0.3 is 16.4 Å². The molecule has 14 heavy (non-hydrogen) atoms. The molecule has 1 saturated heterocycles. The first-order chi connectivity index (χ1) is 6.81. The van der Waals surface area contributed by atoms with E-state index in [9.17, 15) is 0 Å². The minimum atomic E-state index is 0.357. The number of aromatic amines is 1. The predicted molar refractivity (Wildman–Crippen MR) is 55.9 cm³/mol. The summed E-state index contributed by atoms with van der Waals surface area (Å²) in [5, 5.41) is 7.01. The molecule has 0 aromatic carbocycles. The fourth-order valence-electron chi connectivity index (χ4n) is 1.85. The van der Waals surface area contributed by atoms with Crippen LogP contribution >= 0.6 is 0 Å². The molecule has 1 aliphatic heterocycles. The highest BCUT2D eigenvalue weighted by atomic mass is 15.3. The summed E-state index contributed by atoms with van der Waals surface area (Å²) < 4.78 is 0. The van der Waals surface area contributed by atoms with Gasteiger partial charge in [-0.15, -0.1) is 0 Å². The van der Waals surface area contributed by atoms with Crippen LogP contribution in [-0.4, -0.2) is 29.3 Å². The largest absolute Gasteiger partial charge is 0.357 e. The molecule has 2 heterocycles. The number of piperidine rings is 1. The Morgan fingerprint density at radius 2 is 2.21 bits per heavy atom. The zero-order chi connectivity index (χ0) is 9.97. The Morgan fingerprint density at radius 3 is 2.86 bits per heavy atom. The van der Waals surface area contributed by atoms with Crippen molar-refractivity contribution in [2.45, 2.75) is 25.4 Å². The number of hydrogen-bond donors (Lipinski definition) is 3. The molecule has 0 bridgehead atoms. The van der Waals surface area contributed by atoms with Crippen molar-refractivity contribution < 1.29 is 0 Å². The van der Waals surface area contributed by atoms with Crippen molar-refractivity contribution in [1.29, 1.82) is 0 Å². The Hall–Kier alpha value is -1.07. The minimum Gasteiger partial charge on any atom is -0.357 e. The van der Waals surface area contributed by atoms with Gasteiger partial charge in [-0.1, -0.05) is 0 Å². The van der Waals surface area contributed by atoms with Gasteiger partial charge in [0, 0.05) is 31.2 Å². The average Bonchev–Trinajstić information content (AvgIpc) is 2.67. The second-order valence-electron chi connectivity index (χ2n) is 3.77. The quantitative estimate of drug-likeness (QED) is 0.610. The Kier molecular flexibility index (Phi) is 2.69. The van der Waals surface area contributed by atoms with Gasteiger partial charge in [0.25, 0.3) is 0 Å². The molecule has 0 atom stereocenters. The zero-order valence-corrected chi connectivity index (χ0v) is 8.24. The van der Waals surface area contributed by atoms with Crippen LogP contribution in [0.15, 0.2) is 6.20 Å². The monoisotopic (exact) mass is 195 g/mol. The first-order valence-electron chi connectivity index (χ1n) is 5.04. The van der Waals surface area contributed by atoms with Crippen molar-refractivity contribution in [2.75, 3.05) is 18.0 Å². The summed E-state index contributed by atoms with van der Waals surface area (Å²) in [7, 11) is 0. The third-order valence-electron chi connectivity index (χ3n) is 2.77. The van der Waals surface area contributed by atoms with Gasteiger partial charge in [-0.2, -0.15) is 5.10 Å². The molecule has 1 aliphatic rings. The molecule has 0 aliphatic carbocycles. The van der Waals surface area contributed by atoms with E-state index < -0.39 is 0 Å². The summed E-state index contributed by atoms with van der Waals surface area (Å²) in [6, 6.07) is 0.357. The van der Waals surface area contributed by atoms with E-state index in [0.29, 0.717) is 12.6 Å². The maximum absolute atomic E-state index is 5.84. The summed E-state index contributed by atoms with van der Waals surface area (Å²) in [4.78, 5) is 2.28. The fraction of sp³-hybridized carbons (Fsp3) is 0.667. The van der Waals surface area contributed by atoms with Crippen molar-refractivity contribution in [3.8, 4) is 0 Å². The van der Waals surface area contributed by atoms with Gasteiger partial charge in [0.2, 0.25) is 0 Å². The molecule has 1 aromatic heterocycles. The van der Waals surface area contributed by atoms with Gasteiger partial charge in [-0.25, -0.2) is 0 Å². The van der Waals surface area contributed by atoms with Crippen LogP contribution in [0.2, 0.25) is 0 Å². The lowest BCUT2D eigenvalue weighted by Gasteiger charge is -2.31. The highest BCUT2D eigenvalue weighted by molar-refractivity contribution is 5.45. The number of anilines is 1. The number of hydrogen-bond acceptors (Lipinski definition) is 4. The van der Waals surface area contributed by atoms with Crippen LogP contribution in [0, 0.1) is 0 Å². The number of rotatable bonds is 2. The van der Waals surface area contributed by atoms with Crippen molar-refractivity contribution in [3.63, 3.8) is 0 Å². The van der Waals surface area contributed by atoms with Gasteiger partial charge in [0.1, 0.15) is 5.82 Å². The number of aromatic nitrogens is 2. The summed E-state index contributed by atoms with van der Waals surface area (Å²) in [5.41, 5.74) is 12.5. The number of nitrogens with two attached hydrogens (primary N) is 2. The van der Waals surface area contributed by atoms with E-state index in [0.717, 1.165) is 37.3 Å². The van der Waals surface area contributed by atoms with Gasteiger partial charge >= 0.3 is 0 Å². The molecular formula is C9H17N5. The Labute approximate surface area is 83.5 Å². The van der Waals surface area contributed by atoms with E-state index in [-0.39, 0.29) is 0 Å². The molecular weight excluding hydrogens is 178 g/mol. The van der Waals surface area contributed by atoms with Crippen LogP contribution in [0.1, 0.15) is 18.4 Å². The van der Waals surface area contributed by atoms with Gasteiger partial charge in [-0.3, -0.25) is 5.10 Å². The summed E-state index contributed by atoms with van der Waals surface area (Å²) in [6.07, 6.45) is 3.88. The van der Waals surface area contributed by atoms with Gasteiger partial charge in [0.15, 0.2) is 0 Å². The number of nitrogens with zero attached hydrogens (tertiary/aromatic N) is 2. The highest BCUT2D eigenvalue weighted by Crippen LogP contribution is 2.20. The third kappa shape index (κ3) is 1.73. The van der Waals surface area contributed by atoms with Crippen LogP contribution in [0.5, 0.6) is 0 Å². The summed E-state index contributed by atoms with van der Waals surface area (Å²) in [5.74, 6) is 1.07. The number of nitrogens with one attached hydrogen (secondary N) is 1. The maximum Gasteiger partial charge on any atom is 0.128 e. The highest BCUT2D eigenvalue weighted by Gasteiger charge is 2.19. The topological polar surface area (TPSA) is 84.0 Å².